The maximum absolute atomic E-state index is 15.2. The number of nitrogens with zero attached hydrogens (tertiary/aromatic N) is 3. The molecule has 0 unspecified atom stereocenters. The van der Waals surface area contributed by atoms with Crippen LogP contribution in [0.4, 0.5) is 10.1 Å². The Hall–Kier alpha value is -2.72. The van der Waals surface area contributed by atoms with Crippen molar-refractivity contribution in [1.82, 2.24) is 9.88 Å². The first-order chi connectivity index (χ1) is 13.7. The van der Waals surface area contributed by atoms with E-state index in [1.807, 2.05) is 61.7 Å². The van der Waals surface area contributed by atoms with E-state index in [9.17, 15) is 0 Å². The normalized spacial score (nSPS) is 19.3. The van der Waals surface area contributed by atoms with Gasteiger partial charge in [-0.1, -0.05) is 60.7 Å². The Morgan fingerprint density at radius 2 is 1.50 bits per heavy atom. The molecule has 2 atom stereocenters. The van der Waals surface area contributed by atoms with E-state index >= 15 is 4.39 Å². The summed E-state index contributed by atoms with van der Waals surface area (Å²) in [6.45, 7) is 4.53. The molecule has 1 fully saturated rings. The van der Waals surface area contributed by atoms with E-state index in [4.69, 9.17) is 0 Å². The second-order valence-electron chi connectivity index (χ2n) is 7.52. The van der Waals surface area contributed by atoms with Gasteiger partial charge in [0.2, 0.25) is 0 Å². The molecule has 0 bridgehead atoms. The number of benzene rings is 2. The lowest BCUT2D eigenvalue weighted by Gasteiger charge is -2.30. The smallest absolute Gasteiger partial charge is 0.135 e. The number of anilines is 1. The largest absolute Gasteiger partial charge is 0.366 e. The van der Waals surface area contributed by atoms with Crippen LogP contribution in [-0.4, -0.2) is 35.2 Å². The Morgan fingerprint density at radius 3 is 2.04 bits per heavy atom. The number of halogens is 1. The average Bonchev–Trinajstić information content (AvgIpc) is 3.11. The summed E-state index contributed by atoms with van der Waals surface area (Å²) in [7, 11) is 0. The Balaban J connectivity index is 1.55. The van der Waals surface area contributed by atoms with Gasteiger partial charge in [0.05, 0.1) is 24.5 Å². The van der Waals surface area contributed by atoms with Gasteiger partial charge in [-0.2, -0.15) is 0 Å². The van der Waals surface area contributed by atoms with E-state index in [0.29, 0.717) is 13.1 Å². The molecule has 0 saturated carbocycles. The zero-order valence-corrected chi connectivity index (χ0v) is 16.2. The highest BCUT2D eigenvalue weighted by atomic mass is 19.1. The van der Waals surface area contributed by atoms with Crippen LogP contribution in [-0.2, 0) is 13.1 Å². The van der Waals surface area contributed by atoms with Crippen LogP contribution in [0.5, 0.6) is 0 Å². The number of alkyl halides is 1. The fraction of sp³-hybridized carbons (Fsp3) is 0.292. The van der Waals surface area contributed by atoms with Crippen LogP contribution in [0.15, 0.2) is 79.0 Å². The van der Waals surface area contributed by atoms with E-state index in [1.165, 1.54) is 11.1 Å². The molecular formula is C24H26FN3. The predicted molar refractivity (Wildman–Crippen MR) is 112 cm³/mol. The monoisotopic (exact) mass is 375 g/mol. The summed E-state index contributed by atoms with van der Waals surface area (Å²) in [4.78, 5) is 8.77. The number of hydrogen-bond acceptors (Lipinski definition) is 3. The minimum Gasteiger partial charge on any atom is -0.366 e. The van der Waals surface area contributed by atoms with E-state index in [1.54, 1.807) is 0 Å². The average molecular weight is 375 g/mol. The van der Waals surface area contributed by atoms with Crippen molar-refractivity contribution in [3.63, 3.8) is 0 Å². The first-order valence-electron chi connectivity index (χ1n) is 9.82. The molecule has 4 rings (SSSR count). The fourth-order valence-electron chi connectivity index (χ4n) is 3.88. The van der Waals surface area contributed by atoms with Crippen molar-refractivity contribution in [3.05, 3.63) is 95.8 Å². The van der Waals surface area contributed by atoms with Gasteiger partial charge in [-0.25, -0.2) is 4.39 Å². The fourth-order valence-corrected chi connectivity index (χ4v) is 3.88. The highest BCUT2D eigenvalue weighted by Crippen LogP contribution is 2.27. The van der Waals surface area contributed by atoms with Gasteiger partial charge in [0.25, 0.3) is 0 Å². The molecule has 2 heterocycles. The predicted octanol–water partition coefficient (Wildman–Crippen LogP) is 4.62. The molecule has 0 radical (unpaired) electrons. The molecule has 144 valence electrons. The van der Waals surface area contributed by atoms with Gasteiger partial charge in [0, 0.05) is 25.3 Å². The van der Waals surface area contributed by atoms with Crippen molar-refractivity contribution in [3.8, 4) is 0 Å². The van der Waals surface area contributed by atoms with Crippen molar-refractivity contribution in [2.45, 2.75) is 32.2 Å². The van der Waals surface area contributed by atoms with E-state index in [-0.39, 0.29) is 6.04 Å². The maximum Gasteiger partial charge on any atom is 0.135 e. The van der Waals surface area contributed by atoms with Gasteiger partial charge >= 0.3 is 0 Å². The van der Waals surface area contributed by atoms with Crippen LogP contribution in [0.25, 0.3) is 0 Å². The quantitative estimate of drug-likeness (QED) is 0.627. The second-order valence-corrected chi connectivity index (χ2v) is 7.52. The molecule has 0 N–H and O–H groups in total. The third-order valence-corrected chi connectivity index (χ3v) is 5.41. The minimum absolute atomic E-state index is 0.151. The van der Waals surface area contributed by atoms with Crippen LogP contribution in [0, 0.1) is 6.92 Å². The third-order valence-electron chi connectivity index (χ3n) is 5.41. The lowest BCUT2D eigenvalue weighted by molar-refractivity contribution is 0.129. The summed E-state index contributed by atoms with van der Waals surface area (Å²) < 4.78 is 15.2. The topological polar surface area (TPSA) is 19.4 Å². The van der Waals surface area contributed by atoms with E-state index in [2.05, 4.69) is 39.0 Å². The molecule has 3 nitrogen and oxygen atoms in total. The van der Waals surface area contributed by atoms with E-state index in [0.717, 1.165) is 24.5 Å². The number of pyridine rings is 1. The SMILES string of the molecule is Cc1ccc(N2C[C@@H](F)[C@H](N(Cc3ccccc3)Cc3ccccc3)C2)cn1. The first kappa shape index (κ1) is 18.6. The molecule has 1 aromatic heterocycles. The third kappa shape index (κ3) is 4.39. The number of rotatable bonds is 6. The summed E-state index contributed by atoms with van der Waals surface area (Å²) in [5.41, 5.74) is 4.39. The minimum atomic E-state index is -0.895. The summed E-state index contributed by atoms with van der Waals surface area (Å²) in [6, 6.07) is 24.5. The number of hydrogen-bond donors (Lipinski definition) is 0. The summed E-state index contributed by atoms with van der Waals surface area (Å²) in [5, 5.41) is 0. The Kier molecular flexibility index (Phi) is 5.68. The number of aryl methyl sites for hydroxylation is 1. The van der Waals surface area contributed by atoms with Crippen LogP contribution >= 0.6 is 0 Å². The molecule has 4 heteroatoms. The Bertz CT molecular complexity index is 826. The van der Waals surface area contributed by atoms with Gasteiger partial charge < -0.3 is 4.90 Å². The van der Waals surface area contributed by atoms with Crippen LogP contribution in [0.1, 0.15) is 16.8 Å². The van der Waals surface area contributed by atoms with Crippen LogP contribution < -0.4 is 4.90 Å². The van der Waals surface area contributed by atoms with Gasteiger partial charge in [0.15, 0.2) is 0 Å². The lowest BCUT2D eigenvalue weighted by atomic mass is 10.1. The molecule has 0 spiro atoms. The molecule has 2 aromatic carbocycles. The van der Waals surface area contributed by atoms with Gasteiger partial charge in [-0.15, -0.1) is 0 Å². The summed E-state index contributed by atoms with van der Waals surface area (Å²) in [6.07, 6.45) is 0.956. The Morgan fingerprint density at radius 1 is 0.893 bits per heavy atom. The summed E-state index contributed by atoms with van der Waals surface area (Å²) in [5.74, 6) is 0. The highest BCUT2D eigenvalue weighted by molar-refractivity contribution is 5.46. The van der Waals surface area contributed by atoms with Crippen LogP contribution in [0.2, 0.25) is 0 Å². The van der Waals surface area contributed by atoms with Crippen molar-refractivity contribution >= 4 is 5.69 Å². The van der Waals surface area contributed by atoms with Crippen LogP contribution in [0.3, 0.4) is 0 Å². The van der Waals surface area contributed by atoms with Crippen molar-refractivity contribution in [2.75, 3.05) is 18.0 Å². The zero-order valence-electron chi connectivity index (χ0n) is 16.2. The highest BCUT2D eigenvalue weighted by Gasteiger charge is 2.37. The van der Waals surface area contributed by atoms with Gasteiger partial charge in [-0.3, -0.25) is 9.88 Å². The van der Waals surface area contributed by atoms with E-state index < -0.39 is 6.17 Å². The molecular weight excluding hydrogens is 349 g/mol. The zero-order chi connectivity index (χ0) is 19.3. The van der Waals surface area contributed by atoms with Crippen molar-refractivity contribution < 1.29 is 4.39 Å². The maximum atomic E-state index is 15.2. The molecule has 1 aliphatic heterocycles. The number of aromatic nitrogens is 1. The molecule has 1 saturated heterocycles. The van der Waals surface area contributed by atoms with Gasteiger partial charge in [-0.05, 0) is 30.2 Å². The molecule has 3 aromatic rings. The molecule has 28 heavy (non-hydrogen) atoms. The lowest BCUT2D eigenvalue weighted by Crippen LogP contribution is -2.41. The molecule has 1 aliphatic rings. The second kappa shape index (κ2) is 8.53. The van der Waals surface area contributed by atoms with Crippen molar-refractivity contribution in [2.24, 2.45) is 0 Å². The molecule has 0 aliphatic carbocycles. The molecule has 0 amide bonds. The summed E-state index contributed by atoms with van der Waals surface area (Å²) >= 11 is 0. The Labute approximate surface area is 166 Å². The standard InChI is InChI=1S/C24H26FN3/c1-19-12-13-22(14-26-19)27-17-23(25)24(18-27)28(15-20-8-4-2-5-9-20)16-21-10-6-3-7-11-21/h2-14,23-24H,15-18H2,1H3/t23-,24-/m1/s1. The van der Waals surface area contributed by atoms with Gasteiger partial charge in [0.1, 0.15) is 6.17 Å². The van der Waals surface area contributed by atoms with Crippen molar-refractivity contribution in [1.29, 1.82) is 0 Å². The first-order valence-corrected chi connectivity index (χ1v) is 9.82.